The standard InChI is InChI=1S/C15H21F2NOS/c1-4-19-13-9-12(15(13,2)3)18-10-5-7-11(8-6-10)20-14(16)17/h5-8,12-14,18H,4,9H2,1-3H3. The maximum absolute atomic E-state index is 12.2. The Bertz CT molecular complexity index is 436. The molecule has 1 aromatic rings. The summed E-state index contributed by atoms with van der Waals surface area (Å²) in [6, 6.07) is 7.52. The zero-order valence-electron chi connectivity index (χ0n) is 12.0. The van der Waals surface area contributed by atoms with Crippen LogP contribution < -0.4 is 5.32 Å². The van der Waals surface area contributed by atoms with Crippen molar-refractivity contribution >= 4 is 17.4 Å². The number of nitrogens with one attached hydrogen (secondary N) is 1. The summed E-state index contributed by atoms with van der Waals surface area (Å²) in [5.41, 5.74) is 1.06. The maximum atomic E-state index is 12.2. The molecular formula is C15H21F2NOS. The first kappa shape index (κ1) is 15.6. The lowest BCUT2D eigenvalue weighted by molar-refractivity contribution is -0.0975. The van der Waals surface area contributed by atoms with Crippen LogP contribution in [-0.4, -0.2) is 24.5 Å². The number of alkyl halides is 2. The minimum Gasteiger partial charge on any atom is -0.382 e. The Morgan fingerprint density at radius 2 is 2.00 bits per heavy atom. The highest BCUT2D eigenvalue weighted by Gasteiger charge is 2.48. The largest absolute Gasteiger partial charge is 0.382 e. The average Bonchev–Trinajstić information content (AvgIpc) is 2.39. The van der Waals surface area contributed by atoms with Gasteiger partial charge in [0.05, 0.1) is 6.10 Å². The van der Waals surface area contributed by atoms with Crippen molar-refractivity contribution in [2.24, 2.45) is 5.41 Å². The minimum absolute atomic E-state index is 0.0897. The molecule has 1 saturated carbocycles. The van der Waals surface area contributed by atoms with Gasteiger partial charge in [0.1, 0.15) is 0 Å². The molecule has 0 spiro atoms. The first-order valence-electron chi connectivity index (χ1n) is 6.86. The summed E-state index contributed by atoms with van der Waals surface area (Å²) in [6.45, 7) is 7.13. The second-order valence-corrected chi connectivity index (χ2v) is 6.66. The van der Waals surface area contributed by atoms with Gasteiger partial charge in [-0.05, 0) is 37.6 Å². The molecule has 5 heteroatoms. The van der Waals surface area contributed by atoms with E-state index in [9.17, 15) is 8.78 Å². The topological polar surface area (TPSA) is 21.3 Å². The van der Waals surface area contributed by atoms with E-state index in [1.807, 2.05) is 19.1 Å². The normalized spacial score (nSPS) is 24.5. The molecule has 1 aliphatic carbocycles. The molecule has 20 heavy (non-hydrogen) atoms. The molecule has 1 aromatic carbocycles. The van der Waals surface area contributed by atoms with Crippen molar-refractivity contribution in [3.8, 4) is 0 Å². The van der Waals surface area contributed by atoms with Gasteiger partial charge in [0.25, 0.3) is 5.76 Å². The minimum atomic E-state index is -2.37. The van der Waals surface area contributed by atoms with E-state index in [4.69, 9.17) is 4.74 Å². The van der Waals surface area contributed by atoms with Gasteiger partial charge in [-0.2, -0.15) is 8.78 Å². The molecule has 2 unspecified atom stereocenters. The maximum Gasteiger partial charge on any atom is 0.288 e. The predicted molar refractivity (Wildman–Crippen MR) is 79.5 cm³/mol. The highest BCUT2D eigenvalue weighted by Crippen LogP contribution is 2.44. The van der Waals surface area contributed by atoms with Gasteiger partial charge in [-0.25, -0.2) is 0 Å². The Labute approximate surface area is 123 Å². The van der Waals surface area contributed by atoms with Gasteiger partial charge >= 0.3 is 0 Å². The lowest BCUT2D eigenvalue weighted by Crippen LogP contribution is -2.58. The number of anilines is 1. The second-order valence-electron chi connectivity index (χ2n) is 5.60. The van der Waals surface area contributed by atoms with E-state index in [1.165, 1.54) is 0 Å². The van der Waals surface area contributed by atoms with Crippen LogP contribution in [0.25, 0.3) is 0 Å². The van der Waals surface area contributed by atoms with E-state index in [0.717, 1.165) is 18.7 Å². The summed E-state index contributed by atoms with van der Waals surface area (Å²) in [5.74, 6) is -2.37. The molecule has 0 amide bonds. The zero-order valence-corrected chi connectivity index (χ0v) is 12.8. The number of hydrogen-bond donors (Lipinski definition) is 1. The Balaban J connectivity index is 1.91. The molecule has 112 valence electrons. The van der Waals surface area contributed by atoms with E-state index in [0.29, 0.717) is 28.8 Å². The molecule has 0 aromatic heterocycles. The first-order chi connectivity index (χ1) is 9.43. The molecule has 2 rings (SSSR count). The third kappa shape index (κ3) is 3.44. The monoisotopic (exact) mass is 301 g/mol. The van der Waals surface area contributed by atoms with Crippen molar-refractivity contribution in [2.75, 3.05) is 11.9 Å². The van der Waals surface area contributed by atoms with Crippen molar-refractivity contribution in [1.29, 1.82) is 0 Å². The van der Waals surface area contributed by atoms with Crippen molar-refractivity contribution < 1.29 is 13.5 Å². The Morgan fingerprint density at radius 3 is 2.50 bits per heavy atom. The van der Waals surface area contributed by atoms with Crippen LogP contribution in [0.5, 0.6) is 0 Å². The molecule has 2 nitrogen and oxygen atoms in total. The highest BCUT2D eigenvalue weighted by molar-refractivity contribution is 7.99. The lowest BCUT2D eigenvalue weighted by Gasteiger charge is -2.52. The van der Waals surface area contributed by atoms with Crippen LogP contribution in [0.4, 0.5) is 14.5 Å². The Morgan fingerprint density at radius 1 is 1.35 bits per heavy atom. The van der Waals surface area contributed by atoms with E-state index in [1.54, 1.807) is 12.1 Å². The number of halogens is 2. The molecular weight excluding hydrogens is 280 g/mol. The van der Waals surface area contributed by atoms with E-state index in [2.05, 4.69) is 19.2 Å². The summed E-state index contributed by atoms with van der Waals surface area (Å²) < 4.78 is 30.2. The lowest BCUT2D eigenvalue weighted by atomic mass is 9.64. The smallest absolute Gasteiger partial charge is 0.288 e. The molecule has 2 atom stereocenters. The fraction of sp³-hybridized carbons (Fsp3) is 0.600. The third-order valence-electron chi connectivity index (χ3n) is 3.97. The van der Waals surface area contributed by atoms with E-state index in [-0.39, 0.29) is 5.41 Å². The fourth-order valence-electron chi connectivity index (χ4n) is 2.55. The van der Waals surface area contributed by atoms with Crippen LogP contribution in [0.2, 0.25) is 0 Å². The van der Waals surface area contributed by atoms with Crippen LogP contribution in [0, 0.1) is 5.41 Å². The number of rotatable bonds is 6. The van der Waals surface area contributed by atoms with Gasteiger partial charge in [-0.1, -0.05) is 25.6 Å². The first-order valence-corrected chi connectivity index (χ1v) is 7.74. The van der Waals surface area contributed by atoms with Crippen molar-refractivity contribution in [3.05, 3.63) is 24.3 Å². The van der Waals surface area contributed by atoms with Gasteiger partial charge in [-0.3, -0.25) is 0 Å². The SMILES string of the molecule is CCOC1CC(Nc2ccc(SC(F)F)cc2)C1(C)C. The van der Waals surface area contributed by atoms with Crippen molar-refractivity contribution in [1.82, 2.24) is 0 Å². The summed E-state index contributed by atoms with van der Waals surface area (Å²) in [6.07, 6.45) is 1.27. The van der Waals surface area contributed by atoms with Crippen molar-refractivity contribution in [2.45, 2.75) is 50.0 Å². The van der Waals surface area contributed by atoms with Crippen LogP contribution >= 0.6 is 11.8 Å². The van der Waals surface area contributed by atoms with Gasteiger partial charge in [-0.15, -0.1) is 0 Å². The molecule has 0 aliphatic heterocycles. The molecule has 0 bridgehead atoms. The zero-order chi connectivity index (χ0) is 14.8. The van der Waals surface area contributed by atoms with Crippen LogP contribution in [-0.2, 0) is 4.74 Å². The summed E-state index contributed by atoms with van der Waals surface area (Å²) in [7, 11) is 0. The average molecular weight is 301 g/mol. The van der Waals surface area contributed by atoms with Gasteiger partial charge in [0, 0.05) is 28.6 Å². The van der Waals surface area contributed by atoms with Crippen LogP contribution in [0.1, 0.15) is 27.2 Å². The molecule has 0 saturated heterocycles. The van der Waals surface area contributed by atoms with Gasteiger partial charge < -0.3 is 10.1 Å². The van der Waals surface area contributed by atoms with Crippen LogP contribution in [0.15, 0.2) is 29.2 Å². The van der Waals surface area contributed by atoms with E-state index >= 15 is 0 Å². The third-order valence-corrected chi connectivity index (χ3v) is 4.69. The van der Waals surface area contributed by atoms with Crippen LogP contribution in [0.3, 0.4) is 0 Å². The molecule has 0 radical (unpaired) electrons. The summed E-state index contributed by atoms with van der Waals surface area (Å²) in [5, 5.41) is 3.46. The Kier molecular flexibility index (Phi) is 4.91. The van der Waals surface area contributed by atoms with Gasteiger partial charge in [0.2, 0.25) is 0 Å². The summed E-state index contributed by atoms with van der Waals surface area (Å²) >= 11 is 0.571. The number of benzene rings is 1. The highest BCUT2D eigenvalue weighted by atomic mass is 32.2. The quantitative estimate of drug-likeness (QED) is 0.775. The number of hydrogen-bond acceptors (Lipinski definition) is 3. The Hall–Kier alpha value is -0.810. The predicted octanol–water partition coefficient (Wildman–Crippen LogP) is 4.62. The van der Waals surface area contributed by atoms with Crippen molar-refractivity contribution in [3.63, 3.8) is 0 Å². The summed E-state index contributed by atoms with van der Waals surface area (Å²) in [4.78, 5) is 0.589. The van der Waals surface area contributed by atoms with E-state index < -0.39 is 5.76 Å². The second kappa shape index (κ2) is 6.31. The molecule has 1 fully saturated rings. The molecule has 0 heterocycles. The number of thioether (sulfide) groups is 1. The molecule has 1 aliphatic rings. The number of ether oxygens (including phenoxy) is 1. The van der Waals surface area contributed by atoms with Gasteiger partial charge in [0.15, 0.2) is 0 Å². The fourth-order valence-corrected chi connectivity index (χ4v) is 3.05. The molecule has 1 N–H and O–H groups in total.